The molecule has 2 aromatic heterocycles. The molecule has 0 aliphatic carbocycles. The molecule has 7 heteroatoms. The van der Waals surface area contributed by atoms with Crippen LogP contribution in [0.2, 0.25) is 0 Å². The highest BCUT2D eigenvalue weighted by molar-refractivity contribution is 7.13. The fourth-order valence-electron chi connectivity index (χ4n) is 2.54. The lowest BCUT2D eigenvalue weighted by Crippen LogP contribution is -2.30. The van der Waals surface area contributed by atoms with Gasteiger partial charge in [0, 0.05) is 22.8 Å². The molecule has 0 radical (unpaired) electrons. The normalized spacial score (nSPS) is 10.8. The summed E-state index contributed by atoms with van der Waals surface area (Å²) < 4.78 is 6.67. The zero-order valence-electron chi connectivity index (χ0n) is 13.4. The molecule has 3 rings (SSSR count). The number of aromatic nitrogens is 2. The maximum absolute atomic E-state index is 12.1. The van der Waals surface area contributed by atoms with Gasteiger partial charge in [-0.3, -0.25) is 9.59 Å². The highest BCUT2D eigenvalue weighted by atomic mass is 32.1. The van der Waals surface area contributed by atoms with Crippen molar-refractivity contribution in [1.29, 1.82) is 0 Å². The number of benzene rings is 1. The van der Waals surface area contributed by atoms with Crippen LogP contribution in [0.1, 0.15) is 17.4 Å². The molecule has 124 valence electrons. The van der Waals surface area contributed by atoms with Gasteiger partial charge < -0.3 is 14.6 Å². The Bertz CT molecular complexity index is 898. The zero-order valence-corrected chi connectivity index (χ0v) is 14.2. The first-order valence-corrected chi connectivity index (χ1v) is 8.41. The van der Waals surface area contributed by atoms with Crippen LogP contribution < -0.4 is 5.32 Å². The molecule has 24 heavy (non-hydrogen) atoms. The van der Waals surface area contributed by atoms with Crippen LogP contribution >= 0.6 is 11.3 Å². The Labute approximate surface area is 143 Å². The molecule has 2 heterocycles. The minimum Gasteiger partial charge on any atom is -0.468 e. The summed E-state index contributed by atoms with van der Waals surface area (Å²) in [7, 11) is 1.28. The average molecular weight is 343 g/mol. The van der Waals surface area contributed by atoms with Crippen molar-refractivity contribution >= 4 is 34.1 Å². The van der Waals surface area contributed by atoms with E-state index in [0.717, 1.165) is 28.1 Å². The van der Waals surface area contributed by atoms with Crippen LogP contribution in [0, 0.1) is 0 Å². The van der Waals surface area contributed by atoms with E-state index in [9.17, 15) is 9.59 Å². The van der Waals surface area contributed by atoms with E-state index in [1.54, 1.807) is 5.38 Å². The van der Waals surface area contributed by atoms with Crippen LogP contribution in [0.25, 0.3) is 21.6 Å². The predicted molar refractivity (Wildman–Crippen MR) is 93.1 cm³/mol. The van der Waals surface area contributed by atoms with Crippen molar-refractivity contribution in [2.75, 3.05) is 13.7 Å². The summed E-state index contributed by atoms with van der Waals surface area (Å²) in [4.78, 5) is 27.6. The second kappa shape index (κ2) is 6.84. The summed E-state index contributed by atoms with van der Waals surface area (Å²) in [6.07, 6.45) is 0. The molecule has 1 amide bonds. The molecule has 0 atom stereocenters. The summed E-state index contributed by atoms with van der Waals surface area (Å²) in [6, 6.07) is 10.2. The third kappa shape index (κ3) is 3.03. The summed E-state index contributed by atoms with van der Waals surface area (Å²) >= 11 is 1.41. The largest absolute Gasteiger partial charge is 0.468 e. The number of fused-ring (bicyclic) bond motifs is 1. The lowest BCUT2D eigenvalue weighted by molar-refractivity contribution is -0.139. The first-order valence-electron chi connectivity index (χ1n) is 7.53. The molecular weight excluding hydrogens is 326 g/mol. The number of methoxy groups -OCH3 is 1. The second-order valence-electron chi connectivity index (χ2n) is 5.13. The van der Waals surface area contributed by atoms with Crippen molar-refractivity contribution in [2.45, 2.75) is 13.5 Å². The Morgan fingerprint density at radius 3 is 2.88 bits per heavy atom. The molecule has 6 nitrogen and oxygen atoms in total. The fraction of sp³-hybridized carbons (Fsp3) is 0.235. The van der Waals surface area contributed by atoms with Crippen LogP contribution in [-0.4, -0.2) is 35.1 Å². The fourth-order valence-corrected chi connectivity index (χ4v) is 3.36. The predicted octanol–water partition coefficient (Wildman–Crippen LogP) is 2.69. The van der Waals surface area contributed by atoms with Gasteiger partial charge in [0.2, 0.25) is 0 Å². The Hall–Kier alpha value is -2.67. The quantitative estimate of drug-likeness (QED) is 0.723. The minimum absolute atomic E-state index is 0.169. The summed E-state index contributed by atoms with van der Waals surface area (Å²) in [5.74, 6) is -0.882. The van der Waals surface area contributed by atoms with Gasteiger partial charge in [0.25, 0.3) is 5.91 Å². The summed E-state index contributed by atoms with van der Waals surface area (Å²) in [5, 5.41) is 6.10. The SMILES string of the molecule is CCn1c(-c2nc(C(=O)NCC(=O)OC)cs2)cc2ccccc21. The van der Waals surface area contributed by atoms with Crippen molar-refractivity contribution in [3.63, 3.8) is 0 Å². The number of hydrogen-bond acceptors (Lipinski definition) is 5. The Morgan fingerprint density at radius 1 is 1.33 bits per heavy atom. The molecule has 0 unspecified atom stereocenters. The number of para-hydroxylation sites is 1. The van der Waals surface area contributed by atoms with E-state index in [0.29, 0.717) is 5.69 Å². The van der Waals surface area contributed by atoms with E-state index in [1.807, 2.05) is 12.1 Å². The zero-order chi connectivity index (χ0) is 17.1. The second-order valence-corrected chi connectivity index (χ2v) is 5.99. The third-order valence-electron chi connectivity index (χ3n) is 3.70. The molecule has 0 spiro atoms. The van der Waals surface area contributed by atoms with Crippen molar-refractivity contribution < 1.29 is 14.3 Å². The number of amides is 1. The van der Waals surface area contributed by atoms with Crippen molar-refractivity contribution in [2.24, 2.45) is 0 Å². The van der Waals surface area contributed by atoms with Crippen LogP contribution in [0.3, 0.4) is 0 Å². The smallest absolute Gasteiger partial charge is 0.325 e. The first-order chi connectivity index (χ1) is 11.6. The number of carbonyl (C=O) groups excluding carboxylic acids is 2. The van der Waals surface area contributed by atoms with Gasteiger partial charge in [-0.15, -0.1) is 11.3 Å². The molecule has 0 saturated heterocycles. The van der Waals surface area contributed by atoms with Crippen molar-refractivity contribution in [3.8, 4) is 10.7 Å². The van der Waals surface area contributed by atoms with Gasteiger partial charge in [-0.05, 0) is 19.1 Å². The molecule has 1 N–H and O–H groups in total. The molecular formula is C17H17N3O3S. The van der Waals surface area contributed by atoms with E-state index >= 15 is 0 Å². The topological polar surface area (TPSA) is 73.2 Å². The van der Waals surface area contributed by atoms with Crippen molar-refractivity contribution in [1.82, 2.24) is 14.9 Å². The van der Waals surface area contributed by atoms with E-state index < -0.39 is 5.97 Å². The lowest BCUT2D eigenvalue weighted by Gasteiger charge is -2.05. The highest BCUT2D eigenvalue weighted by Crippen LogP contribution is 2.30. The van der Waals surface area contributed by atoms with Gasteiger partial charge in [-0.2, -0.15) is 0 Å². The maximum atomic E-state index is 12.1. The summed E-state index contributed by atoms with van der Waals surface area (Å²) in [6.45, 7) is 2.72. The molecule has 1 aromatic carbocycles. The van der Waals surface area contributed by atoms with Crippen molar-refractivity contribution in [3.05, 3.63) is 41.4 Å². The number of thiazole rings is 1. The molecule has 3 aromatic rings. The minimum atomic E-state index is -0.495. The van der Waals surface area contributed by atoms with Gasteiger partial charge >= 0.3 is 5.97 Å². The molecule has 0 saturated carbocycles. The number of rotatable bonds is 5. The van der Waals surface area contributed by atoms with Gasteiger partial charge in [-0.1, -0.05) is 18.2 Å². The number of carbonyl (C=O) groups is 2. The molecule has 0 fully saturated rings. The monoisotopic (exact) mass is 343 g/mol. The Balaban J connectivity index is 1.88. The van der Waals surface area contributed by atoms with E-state index in [2.05, 4.69) is 44.7 Å². The number of hydrogen-bond donors (Lipinski definition) is 1. The van der Waals surface area contributed by atoms with E-state index in [1.165, 1.54) is 18.4 Å². The van der Waals surface area contributed by atoms with E-state index in [4.69, 9.17) is 0 Å². The third-order valence-corrected chi connectivity index (χ3v) is 4.57. The highest BCUT2D eigenvalue weighted by Gasteiger charge is 2.16. The number of esters is 1. The Morgan fingerprint density at radius 2 is 2.12 bits per heavy atom. The molecule has 0 aliphatic rings. The number of nitrogens with one attached hydrogen (secondary N) is 1. The maximum Gasteiger partial charge on any atom is 0.325 e. The van der Waals surface area contributed by atoms with Crippen LogP contribution in [-0.2, 0) is 16.1 Å². The number of ether oxygens (including phenoxy) is 1. The van der Waals surface area contributed by atoms with Crippen LogP contribution in [0.5, 0.6) is 0 Å². The van der Waals surface area contributed by atoms with Gasteiger partial charge in [0.15, 0.2) is 0 Å². The number of aryl methyl sites for hydroxylation is 1. The van der Waals surface area contributed by atoms with Crippen LogP contribution in [0.4, 0.5) is 0 Å². The molecule has 0 bridgehead atoms. The van der Waals surface area contributed by atoms with Crippen LogP contribution in [0.15, 0.2) is 35.7 Å². The first kappa shape index (κ1) is 16.2. The Kier molecular flexibility index (Phi) is 4.61. The lowest BCUT2D eigenvalue weighted by atomic mass is 10.2. The van der Waals surface area contributed by atoms with Gasteiger partial charge in [0.05, 0.1) is 12.8 Å². The summed E-state index contributed by atoms with van der Waals surface area (Å²) in [5.41, 5.74) is 2.42. The van der Waals surface area contributed by atoms with Gasteiger partial charge in [0.1, 0.15) is 17.2 Å². The van der Waals surface area contributed by atoms with E-state index in [-0.39, 0.29) is 12.5 Å². The molecule has 0 aliphatic heterocycles. The number of nitrogens with zero attached hydrogens (tertiary/aromatic N) is 2. The standard InChI is InChI=1S/C17H17N3O3S/c1-3-20-13-7-5-4-6-11(13)8-14(20)17-19-12(10-24-17)16(22)18-9-15(21)23-2/h4-8,10H,3,9H2,1-2H3,(H,18,22). The van der Waals surface area contributed by atoms with Gasteiger partial charge in [-0.25, -0.2) is 4.98 Å². The average Bonchev–Trinajstić information content (AvgIpc) is 3.23.